The number of hydrogen-bond donors (Lipinski definition) is 3. The van der Waals surface area contributed by atoms with Gasteiger partial charge in [-0.05, 0) is 13.8 Å². The maximum absolute atomic E-state index is 8.74. The first kappa shape index (κ1) is 22.9. The monoisotopic (exact) mass is 334 g/mol. The maximum atomic E-state index is 8.74. The molecule has 3 N–H and O–H groups in total. The average molecular weight is 334 g/mol. The zero-order valence-corrected chi connectivity index (χ0v) is 13.3. The first-order valence-corrected chi connectivity index (χ1v) is 7.82. The van der Waals surface area contributed by atoms with Gasteiger partial charge in [-0.25, -0.2) is 0 Å². The molecule has 130 valence electrons. The number of hydrogen-bond acceptors (Lipinski definition) is 7. The Labute approximate surface area is 125 Å². The fraction of sp³-hybridized carbons (Fsp3) is 1.00. The lowest BCUT2D eigenvalue weighted by Gasteiger charge is -2.08. The molecule has 21 heavy (non-hydrogen) atoms. The van der Waals surface area contributed by atoms with Crippen molar-refractivity contribution in [1.82, 2.24) is 0 Å². The highest BCUT2D eigenvalue weighted by molar-refractivity contribution is 7.79. The van der Waals surface area contributed by atoms with Gasteiger partial charge in [0.05, 0.1) is 59.0 Å². The molecule has 0 aliphatic heterocycles. The van der Waals surface area contributed by atoms with Crippen molar-refractivity contribution in [2.75, 3.05) is 52.9 Å². The van der Waals surface area contributed by atoms with Crippen LogP contribution in [0.3, 0.4) is 0 Å². The molecular formula is C11H26O9S. The summed E-state index contributed by atoms with van der Waals surface area (Å²) in [5.74, 6) is 0. The van der Waals surface area contributed by atoms with Gasteiger partial charge in [0.1, 0.15) is 0 Å². The molecule has 10 heteroatoms. The molecule has 0 fully saturated rings. The number of aliphatic hydroxyl groups excluding tert-OH is 1. The third-order valence-electron chi connectivity index (χ3n) is 1.66. The van der Waals surface area contributed by atoms with Crippen LogP contribution in [-0.2, 0) is 29.3 Å². The Balaban J connectivity index is 0. The van der Waals surface area contributed by atoms with E-state index in [-0.39, 0.29) is 12.7 Å². The minimum atomic E-state index is -4.67. The topological polar surface area (TPSA) is 132 Å². The number of ether oxygens (including phenoxy) is 4. The second kappa shape index (κ2) is 16.0. The molecular weight excluding hydrogens is 308 g/mol. The molecule has 0 saturated heterocycles. The zero-order valence-electron chi connectivity index (χ0n) is 12.4. The van der Waals surface area contributed by atoms with Crippen LogP contribution in [0.15, 0.2) is 0 Å². The van der Waals surface area contributed by atoms with E-state index in [4.69, 9.17) is 41.6 Å². The molecule has 0 bridgehead atoms. The van der Waals surface area contributed by atoms with E-state index in [0.717, 1.165) is 0 Å². The van der Waals surface area contributed by atoms with Crippen molar-refractivity contribution < 1.29 is 41.6 Å². The minimum absolute atomic E-state index is 0.0545. The van der Waals surface area contributed by atoms with Gasteiger partial charge < -0.3 is 24.1 Å². The van der Waals surface area contributed by atoms with Crippen molar-refractivity contribution in [1.29, 1.82) is 0 Å². The van der Waals surface area contributed by atoms with E-state index in [2.05, 4.69) is 0 Å². The van der Waals surface area contributed by atoms with Crippen LogP contribution in [0.2, 0.25) is 0 Å². The van der Waals surface area contributed by atoms with E-state index >= 15 is 0 Å². The molecule has 0 amide bonds. The first-order chi connectivity index (χ1) is 9.77. The van der Waals surface area contributed by atoms with Crippen molar-refractivity contribution in [3.63, 3.8) is 0 Å². The lowest BCUT2D eigenvalue weighted by atomic mass is 10.5. The van der Waals surface area contributed by atoms with Crippen molar-refractivity contribution in [2.45, 2.75) is 20.0 Å². The van der Waals surface area contributed by atoms with Crippen molar-refractivity contribution in [3.05, 3.63) is 0 Å². The Morgan fingerprint density at radius 3 is 1.48 bits per heavy atom. The Hall–Kier alpha value is -0.330. The van der Waals surface area contributed by atoms with Crippen molar-refractivity contribution in [3.8, 4) is 0 Å². The zero-order chi connectivity index (χ0) is 16.6. The summed E-state index contributed by atoms with van der Waals surface area (Å²) in [7, 11) is -4.67. The van der Waals surface area contributed by atoms with E-state index in [0.29, 0.717) is 46.2 Å². The van der Waals surface area contributed by atoms with Gasteiger partial charge >= 0.3 is 10.4 Å². The first-order valence-electron chi connectivity index (χ1n) is 6.43. The third-order valence-corrected chi connectivity index (χ3v) is 1.66. The van der Waals surface area contributed by atoms with Gasteiger partial charge in [0, 0.05) is 0 Å². The van der Waals surface area contributed by atoms with Gasteiger partial charge in [-0.3, -0.25) is 9.11 Å². The summed E-state index contributed by atoms with van der Waals surface area (Å²) in [6.45, 7) is 7.81. The lowest BCUT2D eigenvalue weighted by molar-refractivity contribution is -0.0140. The van der Waals surface area contributed by atoms with E-state index in [1.165, 1.54) is 0 Å². The molecule has 0 aromatic carbocycles. The van der Waals surface area contributed by atoms with Crippen molar-refractivity contribution >= 4 is 10.4 Å². The van der Waals surface area contributed by atoms with Crippen LogP contribution in [0.5, 0.6) is 0 Å². The Bertz CT molecular complexity index is 284. The van der Waals surface area contributed by atoms with Gasteiger partial charge in [0.25, 0.3) is 0 Å². The molecule has 0 spiro atoms. The van der Waals surface area contributed by atoms with Crippen LogP contribution >= 0.6 is 0 Å². The minimum Gasteiger partial charge on any atom is -0.394 e. The van der Waals surface area contributed by atoms with E-state index in [9.17, 15) is 0 Å². The Kier molecular flexibility index (Phi) is 17.5. The average Bonchev–Trinajstić information content (AvgIpc) is 2.33. The summed E-state index contributed by atoms with van der Waals surface area (Å²) < 4.78 is 52.4. The highest BCUT2D eigenvalue weighted by atomic mass is 32.3. The molecule has 9 nitrogen and oxygen atoms in total. The molecule has 0 atom stereocenters. The summed E-state index contributed by atoms with van der Waals surface area (Å²) in [6.07, 6.45) is 0.253. The summed E-state index contributed by atoms with van der Waals surface area (Å²) >= 11 is 0. The quantitative estimate of drug-likeness (QED) is 0.328. The van der Waals surface area contributed by atoms with Gasteiger partial charge in [0.15, 0.2) is 0 Å². The summed E-state index contributed by atoms with van der Waals surface area (Å²) in [6, 6.07) is 0. The smallest absolute Gasteiger partial charge is 0.394 e. The largest absolute Gasteiger partial charge is 0.394 e. The Morgan fingerprint density at radius 1 is 0.810 bits per heavy atom. The van der Waals surface area contributed by atoms with E-state index in [1.807, 2.05) is 13.8 Å². The molecule has 0 saturated carbocycles. The third kappa shape index (κ3) is 38.3. The fourth-order valence-electron chi connectivity index (χ4n) is 0.949. The molecule has 0 heterocycles. The van der Waals surface area contributed by atoms with Crippen molar-refractivity contribution in [2.24, 2.45) is 0 Å². The lowest BCUT2D eigenvalue weighted by Crippen LogP contribution is -2.14. The molecule has 0 aliphatic rings. The second-order valence-corrected chi connectivity index (χ2v) is 4.82. The van der Waals surface area contributed by atoms with Gasteiger partial charge in [0.2, 0.25) is 0 Å². The Morgan fingerprint density at radius 2 is 1.14 bits per heavy atom. The van der Waals surface area contributed by atoms with E-state index in [1.54, 1.807) is 0 Å². The SMILES string of the molecule is CC(C)OCCOCCOCCOCCO.O=S(=O)(O)O. The standard InChI is InChI=1S/C11H24O5.H2O4S/c1-11(2)16-10-9-15-8-7-14-6-5-13-4-3-12;1-5(2,3)4/h11-12H,3-10H2,1-2H3;(H2,1,2,3,4). The van der Waals surface area contributed by atoms with Gasteiger partial charge in [-0.15, -0.1) is 0 Å². The normalized spacial score (nSPS) is 11.3. The molecule has 0 aromatic heterocycles. The highest BCUT2D eigenvalue weighted by Crippen LogP contribution is 1.87. The summed E-state index contributed by atoms with van der Waals surface area (Å²) in [5.41, 5.74) is 0. The fourth-order valence-corrected chi connectivity index (χ4v) is 0.949. The van der Waals surface area contributed by atoms with Crippen LogP contribution in [0.25, 0.3) is 0 Å². The summed E-state index contributed by atoms with van der Waals surface area (Å²) in [4.78, 5) is 0. The maximum Gasteiger partial charge on any atom is 0.394 e. The van der Waals surface area contributed by atoms with Crippen LogP contribution in [0.1, 0.15) is 13.8 Å². The summed E-state index contributed by atoms with van der Waals surface area (Å²) in [5, 5.41) is 8.43. The number of aliphatic hydroxyl groups is 1. The molecule has 0 unspecified atom stereocenters. The molecule has 0 radical (unpaired) electrons. The van der Waals surface area contributed by atoms with Gasteiger partial charge in [-0.1, -0.05) is 0 Å². The van der Waals surface area contributed by atoms with Crippen LogP contribution < -0.4 is 0 Å². The second-order valence-electron chi connectivity index (χ2n) is 3.93. The van der Waals surface area contributed by atoms with Crippen LogP contribution in [-0.4, -0.2) is 81.6 Å². The van der Waals surface area contributed by atoms with Gasteiger partial charge in [-0.2, -0.15) is 8.42 Å². The predicted octanol–water partition coefficient (Wildman–Crippen LogP) is -0.199. The molecule has 0 rings (SSSR count). The van der Waals surface area contributed by atoms with Crippen LogP contribution in [0.4, 0.5) is 0 Å². The highest BCUT2D eigenvalue weighted by Gasteiger charge is 1.94. The molecule has 0 aliphatic carbocycles. The number of rotatable bonds is 12. The van der Waals surface area contributed by atoms with E-state index < -0.39 is 10.4 Å². The predicted molar refractivity (Wildman–Crippen MR) is 74.8 cm³/mol. The van der Waals surface area contributed by atoms with Crippen LogP contribution in [0, 0.1) is 0 Å². The molecule has 0 aromatic rings.